The van der Waals surface area contributed by atoms with Crippen LogP contribution in [0.1, 0.15) is 11.3 Å². The summed E-state index contributed by atoms with van der Waals surface area (Å²) in [6, 6.07) is 0.788. The van der Waals surface area contributed by atoms with Crippen LogP contribution in [0.5, 0.6) is 0 Å². The Hall–Kier alpha value is -1.80. The molecule has 0 saturated carbocycles. The number of carbonyl (C=O) groups excluding carboxylic acids is 1. The molecule has 0 fully saturated rings. The van der Waals surface area contributed by atoms with Crippen LogP contribution in [0.3, 0.4) is 0 Å². The van der Waals surface area contributed by atoms with Gasteiger partial charge in [-0.15, -0.1) is 0 Å². The number of fused-ring (bicyclic) bond motifs is 1. The number of nitrogens with zero attached hydrogens (tertiary/aromatic N) is 2. The maximum atomic E-state index is 12.6. The van der Waals surface area contributed by atoms with Crippen molar-refractivity contribution in [1.29, 1.82) is 0 Å². The van der Waals surface area contributed by atoms with Crippen molar-refractivity contribution in [2.24, 2.45) is 5.84 Å². The average Bonchev–Trinajstić information content (AvgIpc) is 2.70. The average molecular weight is 293 g/mol. The molecule has 0 aliphatic heterocycles. The van der Waals surface area contributed by atoms with Crippen molar-refractivity contribution in [2.45, 2.75) is 12.6 Å². The van der Waals surface area contributed by atoms with Crippen LogP contribution >= 0.6 is 11.6 Å². The Morgan fingerprint density at radius 1 is 1.47 bits per heavy atom. The highest BCUT2D eigenvalue weighted by molar-refractivity contribution is 6.33. The minimum absolute atomic E-state index is 0.143. The van der Waals surface area contributed by atoms with E-state index in [0.29, 0.717) is 0 Å². The smallest absolute Gasteiger partial charge is 0.305 e. The van der Waals surface area contributed by atoms with E-state index in [1.807, 2.05) is 5.43 Å². The quantitative estimate of drug-likeness (QED) is 0.501. The van der Waals surface area contributed by atoms with Crippen LogP contribution in [-0.2, 0) is 17.4 Å². The second-order valence-electron chi connectivity index (χ2n) is 3.78. The molecule has 0 bridgehead atoms. The number of aromatic nitrogens is 2. The lowest BCUT2D eigenvalue weighted by Crippen LogP contribution is -2.31. The Bertz CT molecular complexity index is 637. The van der Waals surface area contributed by atoms with E-state index < -0.39 is 17.6 Å². The van der Waals surface area contributed by atoms with Crippen molar-refractivity contribution in [3.05, 3.63) is 34.7 Å². The largest absolute Gasteiger partial charge is 0.417 e. The van der Waals surface area contributed by atoms with Gasteiger partial charge in [-0.25, -0.2) is 10.8 Å². The molecule has 2 heterocycles. The zero-order valence-electron chi connectivity index (χ0n) is 9.33. The van der Waals surface area contributed by atoms with E-state index in [4.69, 9.17) is 17.4 Å². The van der Waals surface area contributed by atoms with Gasteiger partial charge in [-0.3, -0.25) is 10.2 Å². The molecule has 5 nitrogen and oxygen atoms in total. The fraction of sp³-hybridized carbons (Fsp3) is 0.200. The summed E-state index contributed by atoms with van der Waals surface area (Å²) in [7, 11) is 0. The first-order chi connectivity index (χ1) is 8.81. The van der Waals surface area contributed by atoms with E-state index in [1.165, 1.54) is 6.20 Å². The van der Waals surface area contributed by atoms with Crippen molar-refractivity contribution >= 4 is 23.2 Å². The maximum Gasteiger partial charge on any atom is 0.417 e. The van der Waals surface area contributed by atoms with E-state index in [1.54, 1.807) is 0 Å². The molecular formula is C10H8ClF3N4O. The minimum Gasteiger partial charge on any atom is -0.305 e. The van der Waals surface area contributed by atoms with E-state index >= 15 is 0 Å². The summed E-state index contributed by atoms with van der Waals surface area (Å²) >= 11 is 5.74. The number of nitrogens with one attached hydrogen (secondary N) is 1. The lowest BCUT2D eigenvalue weighted by molar-refractivity contribution is -0.137. The lowest BCUT2D eigenvalue weighted by atomic mass is 10.3. The summed E-state index contributed by atoms with van der Waals surface area (Å²) in [4.78, 5) is 15.0. The molecule has 0 spiro atoms. The molecule has 0 aliphatic carbocycles. The van der Waals surface area contributed by atoms with Crippen molar-refractivity contribution in [2.75, 3.05) is 0 Å². The van der Waals surface area contributed by atoms with Gasteiger partial charge in [0.1, 0.15) is 0 Å². The molecule has 1 amide bonds. The normalized spacial score (nSPS) is 11.8. The summed E-state index contributed by atoms with van der Waals surface area (Å²) in [5, 5.41) is -0.144. The number of alkyl halides is 3. The number of imidazole rings is 1. The third-order valence-electron chi connectivity index (χ3n) is 2.39. The molecule has 9 heteroatoms. The highest BCUT2D eigenvalue weighted by Gasteiger charge is 2.31. The van der Waals surface area contributed by atoms with Gasteiger partial charge in [-0.2, -0.15) is 13.2 Å². The van der Waals surface area contributed by atoms with Crippen LogP contribution in [0.15, 0.2) is 18.5 Å². The van der Waals surface area contributed by atoms with Crippen molar-refractivity contribution < 1.29 is 18.0 Å². The van der Waals surface area contributed by atoms with E-state index in [0.717, 1.165) is 16.7 Å². The summed E-state index contributed by atoms with van der Waals surface area (Å²) < 4.78 is 38.9. The first kappa shape index (κ1) is 13.6. The number of hydrogen-bond donors (Lipinski definition) is 2. The second-order valence-corrected chi connectivity index (χ2v) is 4.19. The number of hydrazine groups is 1. The van der Waals surface area contributed by atoms with Crippen LogP contribution in [0.2, 0.25) is 5.02 Å². The third-order valence-corrected chi connectivity index (χ3v) is 2.66. The molecule has 102 valence electrons. The molecule has 0 aliphatic rings. The van der Waals surface area contributed by atoms with Crippen molar-refractivity contribution in [3.8, 4) is 0 Å². The Morgan fingerprint density at radius 2 is 2.16 bits per heavy atom. The summed E-state index contributed by atoms with van der Waals surface area (Å²) in [5.74, 6) is 4.41. The number of nitrogens with two attached hydrogens (primary N) is 1. The van der Waals surface area contributed by atoms with Gasteiger partial charge in [0.15, 0.2) is 5.65 Å². The lowest BCUT2D eigenvalue weighted by Gasteiger charge is -2.07. The fourth-order valence-electron chi connectivity index (χ4n) is 1.56. The minimum atomic E-state index is -4.50. The highest BCUT2D eigenvalue weighted by atomic mass is 35.5. The number of carbonyl (C=O) groups is 1. The molecule has 0 aromatic carbocycles. The molecule has 2 aromatic rings. The molecule has 0 saturated heterocycles. The maximum absolute atomic E-state index is 12.6. The third kappa shape index (κ3) is 2.79. The monoisotopic (exact) mass is 292 g/mol. The van der Waals surface area contributed by atoms with E-state index in [2.05, 4.69) is 4.98 Å². The number of amides is 1. The van der Waals surface area contributed by atoms with E-state index in [-0.39, 0.29) is 22.8 Å². The van der Waals surface area contributed by atoms with Gasteiger partial charge in [-0.05, 0) is 6.07 Å². The first-order valence-corrected chi connectivity index (χ1v) is 5.43. The van der Waals surface area contributed by atoms with Gasteiger partial charge in [-0.1, -0.05) is 11.6 Å². The zero-order valence-corrected chi connectivity index (χ0v) is 10.1. The SMILES string of the molecule is NNC(=O)Cc1cn2cc(C(F)(F)F)cc(Cl)c2n1. The summed E-state index contributed by atoms with van der Waals surface area (Å²) in [5.41, 5.74) is 1.43. The predicted molar refractivity (Wildman–Crippen MR) is 61.2 cm³/mol. The predicted octanol–water partition coefficient (Wildman–Crippen LogP) is 1.54. The van der Waals surface area contributed by atoms with Gasteiger partial charge in [0.2, 0.25) is 5.91 Å². The number of halogens is 4. The van der Waals surface area contributed by atoms with Crippen LogP contribution in [0, 0.1) is 0 Å². The molecule has 2 aromatic heterocycles. The zero-order chi connectivity index (χ0) is 14.2. The van der Waals surface area contributed by atoms with Gasteiger partial charge in [0, 0.05) is 12.4 Å². The first-order valence-electron chi connectivity index (χ1n) is 5.05. The Kier molecular flexibility index (Phi) is 3.38. The molecular weight excluding hydrogens is 285 g/mol. The van der Waals surface area contributed by atoms with Gasteiger partial charge in [0.25, 0.3) is 0 Å². The van der Waals surface area contributed by atoms with Gasteiger partial charge < -0.3 is 4.40 Å². The molecule has 19 heavy (non-hydrogen) atoms. The fourth-order valence-corrected chi connectivity index (χ4v) is 1.82. The summed E-state index contributed by atoms with van der Waals surface area (Å²) in [6.07, 6.45) is -2.49. The van der Waals surface area contributed by atoms with Crippen LogP contribution < -0.4 is 11.3 Å². The molecule has 3 N–H and O–H groups in total. The van der Waals surface area contributed by atoms with Crippen LogP contribution in [0.25, 0.3) is 5.65 Å². The van der Waals surface area contributed by atoms with Crippen molar-refractivity contribution in [3.63, 3.8) is 0 Å². The Balaban J connectivity index is 2.48. The number of rotatable bonds is 2. The number of hydrogen-bond acceptors (Lipinski definition) is 3. The van der Waals surface area contributed by atoms with Crippen LogP contribution in [-0.4, -0.2) is 15.3 Å². The number of pyridine rings is 1. The van der Waals surface area contributed by atoms with Gasteiger partial charge in [0.05, 0.1) is 22.7 Å². The van der Waals surface area contributed by atoms with Crippen molar-refractivity contribution in [1.82, 2.24) is 14.8 Å². The van der Waals surface area contributed by atoms with Gasteiger partial charge >= 0.3 is 6.18 Å². The Labute approximate surface area is 110 Å². The standard InChI is InChI=1S/C10H8ClF3N4O/c11-7-1-5(10(12,13)14)3-18-4-6(16-9(7)18)2-8(19)17-15/h1,3-4H,2,15H2,(H,17,19). The topological polar surface area (TPSA) is 72.4 Å². The molecule has 0 atom stereocenters. The second kappa shape index (κ2) is 4.71. The Morgan fingerprint density at radius 3 is 2.74 bits per heavy atom. The molecule has 0 radical (unpaired) electrons. The molecule has 0 unspecified atom stereocenters. The highest BCUT2D eigenvalue weighted by Crippen LogP contribution is 2.32. The van der Waals surface area contributed by atoms with E-state index in [9.17, 15) is 18.0 Å². The summed E-state index contributed by atoms with van der Waals surface area (Å²) in [6.45, 7) is 0. The van der Waals surface area contributed by atoms with Crippen LogP contribution in [0.4, 0.5) is 13.2 Å². The molecule has 2 rings (SSSR count).